The molecule has 21 heavy (non-hydrogen) atoms. The lowest BCUT2D eigenvalue weighted by Gasteiger charge is -2.32. The number of hydrogen-bond acceptors (Lipinski definition) is 4. The van der Waals surface area contributed by atoms with E-state index < -0.39 is 7.12 Å². The maximum absolute atomic E-state index is 12.2. The highest BCUT2D eigenvalue weighted by molar-refractivity contribution is 6.61. The summed E-state index contributed by atoms with van der Waals surface area (Å²) in [6, 6.07) is 1.73. The fraction of sp³-hybridized carbons (Fsp3) is 0.733. The van der Waals surface area contributed by atoms with E-state index in [1.807, 2.05) is 38.4 Å². The van der Waals surface area contributed by atoms with Crippen LogP contribution in [0.5, 0.6) is 0 Å². The Morgan fingerprint density at radius 1 is 1.24 bits per heavy atom. The summed E-state index contributed by atoms with van der Waals surface area (Å²) in [6.45, 7) is 8.11. The number of Topliss-reactive ketones (excluding diaryl/α,β-unsaturated/α-hetero) is 1. The van der Waals surface area contributed by atoms with Crippen LogP contribution in [-0.4, -0.2) is 33.9 Å². The van der Waals surface area contributed by atoms with Crippen molar-refractivity contribution >= 4 is 18.5 Å². The standard InChI is InChI=1S/C15H23BN2O3/c1-14(2)15(3,4)21-16(20-14)13-9-10-17-18(13)11-7-5-6-8-12(11)19/h9-11H,5-8H2,1-4H3. The summed E-state index contributed by atoms with van der Waals surface area (Å²) >= 11 is 0. The molecule has 1 aliphatic carbocycles. The topological polar surface area (TPSA) is 53.4 Å². The minimum atomic E-state index is -0.466. The molecule has 0 radical (unpaired) electrons. The predicted octanol–water partition coefficient (Wildman–Crippen LogP) is 1.87. The summed E-state index contributed by atoms with van der Waals surface area (Å²) < 4.78 is 14.0. The first-order valence-corrected chi connectivity index (χ1v) is 7.73. The van der Waals surface area contributed by atoms with Crippen LogP contribution in [0, 0.1) is 0 Å². The van der Waals surface area contributed by atoms with Crippen LogP contribution in [0.4, 0.5) is 0 Å². The van der Waals surface area contributed by atoms with Gasteiger partial charge in [-0.3, -0.25) is 9.48 Å². The molecule has 5 nitrogen and oxygen atoms in total. The molecule has 114 valence electrons. The minimum absolute atomic E-state index is 0.164. The van der Waals surface area contributed by atoms with Crippen LogP contribution in [0.3, 0.4) is 0 Å². The summed E-state index contributed by atoms with van der Waals surface area (Å²) in [7, 11) is -0.466. The second-order valence-electron chi connectivity index (χ2n) is 7.02. The van der Waals surface area contributed by atoms with E-state index in [1.54, 1.807) is 6.20 Å². The highest BCUT2D eigenvalue weighted by Crippen LogP contribution is 2.36. The van der Waals surface area contributed by atoms with Gasteiger partial charge in [-0.25, -0.2) is 0 Å². The fourth-order valence-corrected chi connectivity index (χ4v) is 2.96. The van der Waals surface area contributed by atoms with Crippen molar-refractivity contribution in [1.82, 2.24) is 9.78 Å². The van der Waals surface area contributed by atoms with Crippen molar-refractivity contribution < 1.29 is 14.1 Å². The van der Waals surface area contributed by atoms with Crippen molar-refractivity contribution in [2.45, 2.75) is 70.6 Å². The number of hydrogen-bond donors (Lipinski definition) is 0. The molecule has 1 atom stereocenters. The zero-order valence-electron chi connectivity index (χ0n) is 13.3. The van der Waals surface area contributed by atoms with Crippen LogP contribution < -0.4 is 5.59 Å². The fourth-order valence-electron chi connectivity index (χ4n) is 2.96. The molecule has 2 fully saturated rings. The second-order valence-corrected chi connectivity index (χ2v) is 7.02. The maximum atomic E-state index is 12.2. The van der Waals surface area contributed by atoms with Gasteiger partial charge in [-0.05, 0) is 46.6 Å². The lowest BCUT2D eigenvalue weighted by molar-refractivity contribution is -0.124. The Morgan fingerprint density at radius 3 is 2.52 bits per heavy atom. The summed E-state index contributed by atoms with van der Waals surface area (Å²) in [5.74, 6) is 0.266. The van der Waals surface area contributed by atoms with Crippen molar-refractivity contribution in [2.24, 2.45) is 0 Å². The van der Waals surface area contributed by atoms with Gasteiger partial charge in [0.2, 0.25) is 0 Å². The summed E-state index contributed by atoms with van der Waals surface area (Å²) in [5.41, 5.74) is 0.0704. The number of rotatable bonds is 2. The van der Waals surface area contributed by atoms with Crippen LogP contribution >= 0.6 is 0 Å². The zero-order chi connectivity index (χ0) is 15.3. The van der Waals surface area contributed by atoms with E-state index in [4.69, 9.17) is 9.31 Å². The molecule has 0 spiro atoms. The molecule has 0 amide bonds. The average molecular weight is 290 g/mol. The van der Waals surface area contributed by atoms with Gasteiger partial charge in [0.05, 0.1) is 16.8 Å². The van der Waals surface area contributed by atoms with Gasteiger partial charge in [-0.15, -0.1) is 0 Å². The molecule has 0 aromatic carbocycles. The number of ketones is 1. The van der Waals surface area contributed by atoms with E-state index >= 15 is 0 Å². The third-order valence-corrected chi connectivity index (χ3v) is 5.01. The number of aromatic nitrogens is 2. The van der Waals surface area contributed by atoms with Crippen molar-refractivity contribution in [3.63, 3.8) is 0 Å². The monoisotopic (exact) mass is 290 g/mol. The second kappa shape index (κ2) is 4.95. The molecule has 1 unspecified atom stereocenters. The molecule has 1 aliphatic heterocycles. The van der Waals surface area contributed by atoms with Crippen molar-refractivity contribution in [2.75, 3.05) is 0 Å². The van der Waals surface area contributed by atoms with Crippen molar-refractivity contribution in [3.8, 4) is 0 Å². The molecule has 1 saturated heterocycles. The molecular formula is C15H23BN2O3. The largest absolute Gasteiger partial charge is 0.514 e. The molecule has 0 N–H and O–H groups in total. The van der Waals surface area contributed by atoms with Gasteiger partial charge in [0.1, 0.15) is 6.04 Å². The normalized spacial score (nSPS) is 28.1. The highest BCUT2D eigenvalue weighted by Gasteiger charge is 2.53. The quantitative estimate of drug-likeness (QED) is 0.780. The Labute approximate surface area is 126 Å². The smallest absolute Gasteiger partial charge is 0.398 e. The average Bonchev–Trinajstić information content (AvgIpc) is 2.93. The zero-order valence-corrected chi connectivity index (χ0v) is 13.3. The lowest BCUT2D eigenvalue weighted by atomic mass is 9.83. The van der Waals surface area contributed by atoms with E-state index in [0.717, 1.165) is 24.9 Å². The van der Waals surface area contributed by atoms with Gasteiger partial charge in [0.15, 0.2) is 5.78 Å². The molecule has 1 aromatic heterocycles. The van der Waals surface area contributed by atoms with Crippen molar-refractivity contribution in [1.29, 1.82) is 0 Å². The van der Waals surface area contributed by atoms with E-state index in [0.29, 0.717) is 6.42 Å². The van der Waals surface area contributed by atoms with Gasteiger partial charge in [-0.1, -0.05) is 6.42 Å². The van der Waals surface area contributed by atoms with Crippen molar-refractivity contribution in [3.05, 3.63) is 12.3 Å². The Hall–Kier alpha value is -1.14. The van der Waals surface area contributed by atoms with Gasteiger partial charge >= 0.3 is 7.12 Å². The van der Waals surface area contributed by atoms with Crippen LogP contribution in [0.1, 0.15) is 59.4 Å². The first-order valence-electron chi connectivity index (χ1n) is 7.73. The first kappa shape index (κ1) is 14.8. The maximum Gasteiger partial charge on any atom is 0.514 e. The van der Waals surface area contributed by atoms with E-state index in [1.165, 1.54) is 0 Å². The van der Waals surface area contributed by atoms with E-state index in [2.05, 4.69) is 5.10 Å². The van der Waals surface area contributed by atoms with Crippen LogP contribution in [0.25, 0.3) is 0 Å². The van der Waals surface area contributed by atoms with Gasteiger partial charge in [0, 0.05) is 12.6 Å². The highest BCUT2D eigenvalue weighted by atomic mass is 16.7. The lowest BCUT2D eigenvalue weighted by Crippen LogP contribution is -2.43. The van der Waals surface area contributed by atoms with E-state index in [9.17, 15) is 4.79 Å². The minimum Gasteiger partial charge on any atom is -0.398 e. The third-order valence-electron chi connectivity index (χ3n) is 5.01. The molecule has 3 rings (SSSR count). The molecule has 2 heterocycles. The molecule has 1 saturated carbocycles. The first-order chi connectivity index (χ1) is 9.82. The number of nitrogens with zero attached hydrogens (tertiary/aromatic N) is 2. The molecule has 0 bridgehead atoms. The summed E-state index contributed by atoms with van der Waals surface area (Å²) in [4.78, 5) is 12.2. The summed E-state index contributed by atoms with van der Waals surface area (Å²) in [5, 5.41) is 4.37. The van der Waals surface area contributed by atoms with Crippen LogP contribution in [0.15, 0.2) is 12.3 Å². The molecule has 6 heteroatoms. The summed E-state index contributed by atoms with van der Waals surface area (Å²) in [6.07, 6.45) is 5.28. The third kappa shape index (κ3) is 2.44. The SMILES string of the molecule is CC1(C)OB(c2ccnn2C2CCCCC2=O)OC1(C)C. The van der Waals surface area contributed by atoms with Crippen LogP contribution in [0.2, 0.25) is 0 Å². The number of carbonyl (C=O) groups excluding carboxylic acids is 1. The Bertz CT molecular complexity index is 537. The molecular weight excluding hydrogens is 267 g/mol. The Kier molecular flexibility index (Phi) is 3.49. The Balaban J connectivity index is 1.88. The van der Waals surface area contributed by atoms with Gasteiger partial charge < -0.3 is 9.31 Å². The van der Waals surface area contributed by atoms with Gasteiger partial charge in [-0.2, -0.15) is 5.10 Å². The molecule has 2 aliphatic rings. The number of carbonyl (C=O) groups is 1. The Morgan fingerprint density at radius 2 is 1.90 bits per heavy atom. The molecule has 1 aromatic rings. The predicted molar refractivity (Wildman–Crippen MR) is 80.5 cm³/mol. The van der Waals surface area contributed by atoms with Crippen LogP contribution in [-0.2, 0) is 14.1 Å². The van der Waals surface area contributed by atoms with E-state index in [-0.39, 0.29) is 23.0 Å². The van der Waals surface area contributed by atoms with Gasteiger partial charge in [0.25, 0.3) is 0 Å².